The van der Waals surface area contributed by atoms with Crippen LogP contribution in [-0.4, -0.2) is 37.0 Å². The molecule has 1 fully saturated rings. The Morgan fingerprint density at radius 3 is 2.89 bits per heavy atom. The lowest BCUT2D eigenvalue weighted by Gasteiger charge is -2.16. The molecule has 1 amide bonds. The Hall–Kier alpha value is -1.55. The zero-order valence-corrected chi connectivity index (χ0v) is 11.1. The molecule has 0 saturated heterocycles. The molecule has 4 nitrogen and oxygen atoms in total. The summed E-state index contributed by atoms with van der Waals surface area (Å²) in [4.78, 5) is 14.3. The minimum atomic E-state index is -0.0830. The Morgan fingerprint density at radius 1 is 1.50 bits per heavy atom. The highest BCUT2D eigenvalue weighted by atomic mass is 16.1. The van der Waals surface area contributed by atoms with E-state index >= 15 is 0 Å². The van der Waals surface area contributed by atoms with Gasteiger partial charge in [0.1, 0.15) is 0 Å². The Bertz CT molecular complexity index is 441. The second kappa shape index (κ2) is 5.40. The zero-order valence-electron chi connectivity index (χ0n) is 11.1. The lowest BCUT2D eigenvalue weighted by molar-refractivity contribution is 0.0950. The smallest absolute Gasteiger partial charge is 0.253 e. The summed E-state index contributed by atoms with van der Waals surface area (Å²) < 4.78 is 0. The maximum Gasteiger partial charge on any atom is 0.253 e. The van der Waals surface area contributed by atoms with Crippen LogP contribution >= 0.6 is 0 Å². The highest BCUT2D eigenvalue weighted by molar-refractivity contribution is 5.99. The number of aryl methyl sites for hydroxylation is 1. The minimum absolute atomic E-state index is 0.0830. The molecule has 1 saturated carbocycles. The molecule has 0 heterocycles. The first-order chi connectivity index (χ1) is 8.59. The first kappa shape index (κ1) is 12.9. The van der Waals surface area contributed by atoms with Crippen molar-refractivity contribution in [2.24, 2.45) is 0 Å². The fourth-order valence-electron chi connectivity index (χ4n) is 2.02. The van der Waals surface area contributed by atoms with Gasteiger partial charge in [-0.05, 0) is 38.4 Å². The number of nitrogens with one attached hydrogen (secondary N) is 1. The summed E-state index contributed by atoms with van der Waals surface area (Å²) in [5.41, 5.74) is 7.99. The summed E-state index contributed by atoms with van der Waals surface area (Å²) >= 11 is 0. The number of benzene rings is 1. The number of anilines is 1. The van der Waals surface area contributed by atoms with E-state index in [1.54, 1.807) is 6.07 Å². The first-order valence-electron chi connectivity index (χ1n) is 6.43. The predicted molar refractivity (Wildman–Crippen MR) is 73.6 cm³/mol. The van der Waals surface area contributed by atoms with Crippen LogP contribution in [0.4, 0.5) is 5.69 Å². The van der Waals surface area contributed by atoms with Crippen LogP contribution in [0.5, 0.6) is 0 Å². The third-order valence-corrected chi connectivity index (χ3v) is 3.49. The molecule has 1 aromatic rings. The molecule has 2 rings (SSSR count). The van der Waals surface area contributed by atoms with Crippen molar-refractivity contribution in [3.05, 3.63) is 29.3 Å². The molecular formula is C14H21N3O. The number of nitrogens with two attached hydrogens (primary N) is 1. The monoisotopic (exact) mass is 247 g/mol. The van der Waals surface area contributed by atoms with Crippen LogP contribution in [-0.2, 0) is 0 Å². The molecule has 0 radical (unpaired) electrons. The average Bonchev–Trinajstić information content (AvgIpc) is 3.16. The molecular weight excluding hydrogens is 226 g/mol. The van der Waals surface area contributed by atoms with Crippen LogP contribution in [0, 0.1) is 6.92 Å². The van der Waals surface area contributed by atoms with Crippen LogP contribution in [0.15, 0.2) is 18.2 Å². The molecule has 18 heavy (non-hydrogen) atoms. The Kier molecular flexibility index (Phi) is 3.87. The normalized spacial score (nSPS) is 14.8. The van der Waals surface area contributed by atoms with Gasteiger partial charge in [0.05, 0.1) is 5.56 Å². The van der Waals surface area contributed by atoms with Gasteiger partial charge in [-0.3, -0.25) is 4.79 Å². The number of nitrogens with zero attached hydrogens (tertiary/aromatic N) is 1. The van der Waals surface area contributed by atoms with Crippen molar-refractivity contribution in [1.82, 2.24) is 10.2 Å². The van der Waals surface area contributed by atoms with E-state index in [1.807, 2.05) is 19.1 Å². The first-order valence-corrected chi connectivity index (χ1v) is 6.43. The third-order valence-electron chi connectivity index (χ3n) is 3.49. The standard InChI is InChI=1S/C14H21N3O/c1-10-4-3-5-12(13(10)15)14(18)16-8-9-17(2)11-6-7-11/h3-5,11H,6-9,15H2,1-2H3,(H,16,18). The van der Waals surface area contributed by atoms with Gasteiger partial charge in [-0.1, -0.05) is 12.1 Å². The number of rotatable bonds is 5. The van der Waals surface area contributed by atoms with Crippen LogP contribution in [0.1, 0.15) is 28.8 Å². The van der Waals surface area contributed by atoms with Gasteiger partial charge < -0.3 is 16.0 Å². The number of carbonyl (C=O) groups is 1. The molecule has 0 atom stereocenters. The van der Waals surface area contributed by atoms with Crippen molar-refractivity contribution in [2.75, 3.05) is 25.9 Å². The van der Waals surface area contributed by atoms with Crippen molar-refractivity contribution in [2.45, 2.75) is 25.8 Å². The number of likely N-dealkylation sites (N-methyl/N-ethyl adjacent to an activating group) is 1. The summed E-state index contributed by atoms with van der Waals surface area (Å²) in [6.45, 7) is 3.47. The van der Waals surface area contributed by atoms with Crippen LogP contribution in [0.2, 0.25) is 0 Å². The zero-order chi connectivity index (χ0) is 13.1. The van der Waals surface area contributed by atoms with E-state index in [0.717, 1.165) is 18.2 Å². The summed E-state index contributed by atoms with van der Waals surface area (Å²) in [5, 5.41) is 2.92. The van der Waals surface area contributed by atoms with Crippen LogP contribution in [0.3, 0.4) is 0 Å². The second-order valence-electron chi connectivity index (χ2n) is 5.00. The number of hydrogen-bond donors (Lipinski definition) is 2. The molecule has 0 aliphatic heterocycles. The summed E-state index contributed by atoms with van der Waals surface area (Å²) in [6.07, 6.45) is 2.57. The van der Waals surface area contributed by atoms with Crippen molar-refractivity contribution in [1.29, 1.82) is 0 Å². The minimum Gasteiger partial charge on any atom is -0.398 e. The summed E-state index contributed by atoms with van der Waals surface area (Å²) in [6, 6.07) is 6.26. The fraction of sp³-hybridized carbons (Fsp3) is 0.500. The Labute approximate surface area is 108 Å². The highest BCUT2D eigenvalue weighted by Gasteiger charge is 2.25. The maximum atomic E-state index is 12.0. The van der Waals surface area contributed by atoms with Gasteiger partial charge in [-0.2, -0.15) is 0 Å². The van der Waals surface area contributed by atoms with Crippen LogP contribution < -0.4 is 11.1 Å². The van der Waals surface area contributed by atoms with Gasteiger partial charge in [0.2, 0.25) is 0 Å². The second-order valence-corrected chi connectivity index (χ2v) is 5.00. The fourth-order valence-corrected chi connectivity index (χ4v) is 2.02. The number of para-hydroxylation sites is 1. The number of nitrogen functional groups attached to an aromatic ring is 1. The van der Waals surface area contributed by atoms with E-state index in [-0.39, 0.29) is 5.91 Å². The van der Waals surface area contributed by atoms with Gasteiger partial charge in [0.15, 0.2) is 0 Å². The average molecular weight is 247 g/mol. The van der Waals surface area contributed by atoms with E-state index in [4.69, 9.17) is 5.73 Å². The van der Waals surface area contributed by atoms with E-state index in [2.05, 4.69) is 17.3 Å². The topological polar surface area (TPSA) is 58.4 Å². The van der Waals surface area contributed by atoms with Gasteiger partial charge in [-0.25, -0.2) is 0 Å². The van der Waals surface area contributed by atoms with E-state index in [9.17, 15) is 4.79 Å². The summed E-state index contributed by atoms with van der Waals surface area (Å²) in [5.74, 6) is -0.0830. The van der Waals surface area contributed by atoms with Crippen molar-refractivity contribution < 1.29 is 4.79 Å². The van der Waals surface area contributed by atoms with Gasteiger partial charge >= 0.3 is 0 Å². The Balaban J connectivity index is 1.85. The summed E-state index contributed by atoms with van der Waals surface area (Å²) in [7, 11) is 2.10. The molecule has 0 unspecified atom stereocenters. The molecule has 0 bridgehead atoms. The molecule has 0 aromatic heterocycles. The lowest BCUT2D eigenvalue weighted by Crippen LogP contribution is -2.34. The van der Waals surface area contributed by atoms with Crippen molar-refractivity contribution in [3.8, 4) is 0 Å². The van der Waals surface area contributed by atoms with Gasteiger partial charge in [0, 0.05) is 24.8 Å². The molecule has 3 N–H and O–H groups in total. The number of hydrogen-bond acceptors (Lipinski definition) is 3. The third kappa shape index (κ3) is 3.01. The molecule has 0 spiro atoms. The molecule has 1 aliphatic carbocycles. The van der Waals surface area contributed by atoms with Gasteiger partial charge in [0.25, 0.3) is 5.91 Å². The van der Waals surface area contributed by atoms with Crippen molar-refractivity contribution in [3.63, 3.8) is 0 Å². The van der Waals surface area contributed by atoms with Gasteiger partial charge in [-0.15, -0.1) is 0 Å². The van der Waals surface area contributed by atoms with E-state index in [1.165, 1.54) is 12.8 Å². The molecule has 4 heteroatoms. The highest BCUT2D eigenvalue weighted by Crippen LogP contribution is 2.24. The quantitative estimate of drug-likeness (QED) is 0.773. The SMILES string of the molecule is Cc1cccc(C(=O)NCCN(C)C2CC2)c1N. The molecule has 98 valence electrons. The lowest BCUT2D eigenvalue weighted by atomic mass is 10.1. The number of amides is 1. The molecule has 1 aromatic carbocycles. The maximum absolute atomic E-state index is 12.0. The van der Waals surface area contributed by atoms with E-state index in [0.29, 0.717) is 17.8 Å². The predicted octanol–water partition coefficient (Wildman–Crippen LogP) is 1.40. The van der Waals surface area contributed by atoms with E-state index < -0.39 is 0 Å². The number of carbonyl (C=O) groups excluding carboxylic acids is 1. The Morgan fingerprint density at radius 2 is 2.22 bits per heavy atom. The van der Waals surface area contributed by atoms with Crippen molar-refractivity contribution >= 4 is 11.6 Å². The molecule has 1 aliphatic rings. The largest absolute Gasteiger partial charge is 0.398 e. The van der Waals surface area contributed by atoms with Crippen LogP contribution in [0.25, 0.3) is 0 Å².